The third-order valence-corrected chi connectivity index (χ3v) is 3.07. The SMILES string of the molecule is Cc1c(-c2ccco2)cccc1-c1nncn1C. The van der Waals surface area contributed by atoms with Gasteiger partial charge in [-0.25, -0.2) is 0 Å². The highest BCUT2D eigenvalue weighted by Gasteiger charge is 2.12. The maximum atomic E-state index is 5.46. The molecule has 18 heavy (non-hydrogen) atoms. The monoisotopic (exact) mass is 239 g/mol. The van der Waals surface area contributed by atoms with Gasteiger partial charge in [-0.1, -0.05) is 18.2 Å². The van der Waals surface area contributed by atoms with Crippen LogP contribution in [0.5, 0.6) is 0 Å². The molecule has 1 aromatic carbocycles. The van der Waals surface area contributed by atoms with Gasteiger partial charge in [0.05, 0.1) is 6.26 Å². The van der Waals surface area contributed by atoms with E-state index < -0.39 is 0 Å². The van der Waals surface area contributed by atoms with Gasteiger partial charge >= 0.3 is 0 Å². The van der Waals surface area contributed by atoms with Crippen molar-refractivity contribution in [1.29, 1.82) is 0 Å². The Kier molecular flexibility index (Phi) is 2.48. The molecular formula is C14H13N3O. The van der Waals surface area contributed by atoms with Crippen molar-refractivity contribution in [1.82, 2.24) is 14.8 Å². The van der Waals surface area contributed by atoms with Crippen LogP contribution in [0, 0.1) is 6.92 Å². The van der Waals surface area contributed by atoms with Crippen LogP contribution in [0.15, 0.2) is 47.3 Å². The van der Waals surface area contributed by atoms with Gasteiger partial charge in [0.25, 0.3) is 0 Å². The lowest BCUT2D eigenvalue weighted by Crippen LogP contribution is -1.94. The van der Waals surface area contributed by atoms with Crippen molar-refractivity contribution in [2.24, 2.45) is 7.05 Å². The fourth-order valence-corrected chi connectivity index (χ4v) is 2.10. The van der Waals surface area contributed by atoms with Gasteiger partial charge < -0.3 is 8.98 Å². The van der Waals surface area contributed by atoms with E-state index in [-0.39, 0.29) is 0 Å². The molecule has 0 saturated heterocycles. The zero-order chi connectivity index (χ0) is 12.5. The third-order valence-electron chi connectivity index (χ3n) is 3.07. The summed E-state index contributed by atoms with van der Waals surface area (Å²) in [5.41, 5.74) is 3.30. The minimum Gasteiger partial charge on any atom is -0.464 e. The molecule has 2 heterocycles. The van der Waals surface area contributed by atoms with Gasteiger partial charge in [0.15, 0.2) is 5.82 Å². The zero-order valence-electron chi connectivity index (χ0n) is 10.3. The van der Waals surface area contributed by atoms with Gasteiger partial charge in [-0.2, -0.15) is 0 Å². The largest absolute Gasteiger partial charge is 0.464 e. The first-order chi connectivity index (χ1) is 8.77. The summed E-state index contributed by atoms with van der Waals surface area (Å²) >= 11 is 0. The summed E-state index contributed by atoms with van der Waals surface area (Å²) in [6.45, 7) is 2.07. The fourth-order valence-electron chi connectivity index (χ4n) is 2.10. The maximum Gasteiger partial charge on any atom is 0.163 e. The summed E-state index contributed by atoms with van der Waals surface area (Å²) in [5, 5.41) is 8.07. The van der Waals surface area contributed by atoms with Crippen molar-refractivity contribution in [3.05, 3.63) is 48.5 Å². The van der Waals surface area contributed by atoms with Gasteiger partial charge in [-0.05, 0) is 24.6 Å². The van der Waals surface area contributed by atoms with Crippen molar-refractivity contribution in [3.63, 3.8) is 0 Å². The second-order valence-corrected chi connectivity index (χ2v) is 4.22. The van der Waals surface area contributed by atoms with E-state index in [9.17, 15) is 0 Å². The molecule has 90 valence electrons. The second kappa shape index (κ2) is 4.14. The highest BCUT2D eigenvalue weighted by atomic mass is 16.3. The number of aryl methyl sites for hydroxylation is 1. The predicted octanol–water partition coefficient (Wildman–Crippen LogP) is 3.05. The van der Waals surface area contributed by atoms with Crippen LogP contribution in [-0.2, 0) is 7.05 Å². The molecule has 0 saturated carbocycles. The summed E-state index contributed by atoms with van der Waals surface area (Å²) in [7, 11) is 1.94. The quantitative estimate of drug-likeness (QED) is 0.690. The van der Waals surface area contributed by atoms with Crippen molar-refractivity contribution in [2.75, 3.05) is 0 Å². The van der Waals surface area contributed by atoms with E-state index >= 15 is 0 Å². The topological polar surface area (TPSA) is 43.9 Å². The van der Waals surface area contributed by atoms with Crippen LogP contribution in [-0.4, -0.2) is 14.8 Å². The van der Waals surface area contributed by atoms with E-state index in [1.807, 2.05) is 41.9 Å². The number of hydrogen-bond donors (Lipinski definition) is 0. The number of furan rings is 1. The van der Waals surface area contributed by atoms with Crippen LogP contribution in [0.25, 0.3) is 22.7 Å². The standard InChI is InChI=1S/C14H13N3O/c1-10-11(13-7-4-8-18-13)5-3-6-12(10)14-16-15-9-17(14)2/h3-9H,1-2H3. The van der Waals surface area contributed by atoms with Crippen LogP contribution >= 0.6 is 0 Å². The van der Waals surface area contributed by atoms with Crippen LogP contribution in [0.2, 0.25) is 0 Å². The van der Waals surface area contributed by atoms with E-state index in [4.69, 9.17) is 4.42 Å². The normalized spacial score (nSPS) is 10.8. The van der Waals surface area contributed by atoms with Gasteiger partial charge in [-0.15, -0.1) is 10.2 Å². The van der Waals surface area contributed by atoms with Crippen molar-refractivity contribution < 1.29 is 4.42 Å². The second-order valence-electron chi connectivity index (χ2n) is 4.22. The Morgan fingerprint density at radius 1 is 1.11 bits per heavy atom. The summed E-state index contributed by atoms with van der Waals surface area (Å²) in [6, 6.07) is 9.96. The Balaban J connectivity index is 2.19. The third kappa shape index (κ3) is 1.62. The number of rotatable bonds is 2. The Morgan fingerprint density at radius 3 is 2.61 bits per heavy atom. The number of benzene rings is 1. The van der Waals surface area contributed by atoms with Crippen molar-refractivity contribution in [2.45, 2.75) is 6.92 Å². The molecule has 0 aliphatic rings. The zero-order valence-corrected chi connectivity index (χ0v) is 10.3. The average Bonchev–Trinajstić information content (AvgIpc) is 3.01. The molecule has 0 aliphatic carbocycles. The van der Waals surface area contributed by atoms with Crippen LogP contribution in [0.3, 0.4) is 0 Å². The lowest BCUT2D eigenvalue weighted by Gasteiger charge is -2.08. The smallest absolute Gasteiger partial charge is 0.163 e. The molecule has 2 aromatic heterocycles. The summed E-state index contributed by atoms with van der Waals surface area (Å²) in [6.07, 6.45) is 3.39. The van der Waals surface area contributed by atoms with Crippen molar-refractivity contribution >= 4 is 0 Å². The highest BCUT2D eigenvalue weighted by molar-refractivity contribution is 5.73. The molecular weight excluding hydrogens is 226 g/mol. The highest BCUT2D eigenvalue weighted by Crippen LogP contribution is 2.30. The summed E-state index contributed by atoms with van der Waals surface area (Å²) in [4.78, 5) is 0. The first-order valence-electron chi connectivity index (χ1n) is 5.75. The van der Waals surface area contributed by atoms with Crippen LogP contribution < -0.4 is 0 Å². The molecule has 0 bridgehead atoms. The van der Waals surface area contributed by atoms with Gasteiger partial charge in [0.2, 0.25) is 0 Å². The van der Waals surface area contributed by atoms with Crippen molar-refractivity contribution in [3.8, 4) is 22.7 Å². The Labute approximate surface area is 105 Å². The lowest BCUT2D eigenvalue weighted by molar-refractivity contribution is 0.582. The van der Waals surface area contributed by atoms with E-state index in [1.165, 1.54) is 0 Å². The number of hydrogen-bond acceptors (Lipinski definition) is 3. The summed E-state index contributed by atoms with van der Waals surface area (Å²) in [5.74, 6) is 1.73. The predicted molar refractivity (Wildman–Crippen MR) is 68.9 cm³/mol. The Morgan fingerprint density at radius 2 is 1.94 bits per heavy atom. The molecule has 0 unspecified atom stereocenters. The fraction of sp³-hybridized carbons (Fsp3) is 0.143. The molecule has 3 aromatic rings. The first kappa shape index (κ1) is 10.8. The molecule has 0 aliphatic heterocycles. The lowest BCUT2D eigenvalue weighted by atomic mass is 10.00. The molecule has 4 heteroatoms. The van der Waals surface area contributed by atoms with Gasteiger partial charge in [-0.3, -0.25) is 0 Å². The number of nitrogens with zero attached hydrogens (tertiary/aromatic N) is 3. The Bertz CT molecular complexity index is 668. The number of aromatic nitrogens is 3. The minimum atomic E-state index is 0.862. The molecule has 0 radical (unpaired) electrons. The molecule has 0 spiro atoms. The summed E-state index contributed by atoms with van der Waals surface area (Å²) < 4.78 is 7.37. The van der Waals surface area contributed by atoms with Crippen LogP contribution in [0.1, 0.15) is 5.56 Å². The molecule has 0 amide bonds. The molecule has 0 fully saturated rings. The molecule has 4 nitrogen and oxygen atoms in total. The van der Waals surface area contributed by atoms with E-state index in [0.717, 1.165) is 28.3 Å². The average molecular weight is 239 g/mol. The molecule has 0 atom stereocenters. The molecule has 3 rings (SSSR count). The molecule has 0 N–H and O–H groups in total. The first-order valence-corrected chi connectivity index (χ1v) is 5.75. The Hall–Kier alpha value is -2.36. The van der Waals surface area contributed by atoms with Gasteiger partial charge in [0.1, 0.15) is 12.1 Å². The minimum absolute atomic E-state index is 0.862. The van der Waals surface area contributed by atoms with E-state index in [1.54, 1.807) is 12.6 Å². The van der Waals surface area contributed by atoms with E-state index in [0.29, 0.717) is 0 Å². The van der Waals surface area contributed by atoms with Gasteiger partial charge in [0, 0.05) is 18.2 Å². The maximum absolute atomic E-state index is 5.46. The van der Waals surface area contributed by atoms with Crippen LogP contribution in [0.4, 0.5) is 0 Å². The van der Waals surface area contributed by atoms with E-state index in [2.05, 4.69) is 17.1 Å².